The van der Waals surface area contributed by atoms with Crippen molar-refractivity contribution in [2.45, 2.75) is 6.92 Å². The summed E-state index contributed by atoms with van der Waals surface area (Å²) in [5.74, 6) is 0.278. The molecule has 0 radical (unpaired) electrons. The number of rotatable bonds is 6. The van der Waals surface area contributed by atoms with Crippen LogP contribution in [0.5, 0.6) is 5.75 Å². The molecule has 0 aromatic heterocycles. The van der Waals surface area contributed by atoms with Gasteiger partial charge in [0.15, 0.2) is 0 Å². The van der Waals surface area contributed by atoms with E-state index in [1.807, 2.05) is 0 Å². The summed E-state index contributed by atoms with van der Waals surface area (Å²) in [5, 5.41) is 3.02. The van der Waals surface area contributed by atoms with Gasteiger partial charge in [0.05, 0.1) is 21.7 Å². The molecule has 1 atom stereocenters. The Morgan fingerprint density at radius 1 is 1.39 bits per heavy atom. The number of benzene rings is 1. The van der Waals surface area contributed by atoms with E-state index in [0.717, 1.165) is 0 Å². The van der Waals surface area contributed by atoms with Crippen LogP contribution in [0.3, 0.4) is 0 Å². The predicted octanol–water partition coefficient (Wildman–Crippen LogP) is 4.03. The van der Waals surface area contributed by atoms with Crippen molar-refractivity contribution in [2.24, 2.45) is 0 Å². The molecule has 0 fully saturated rings. The summed E-state index contributed by atoms with van der Waals surface area (Å²) in [6, 6.07) is 2.89. The van der Waals surface area contributed by atoms with Gasteiger partial charge in [0.1, 0.15) is 5.75 Å². The Kier molecular flexibility index (Phi) is 6.18. The first kappa shape index (κ1) is 16.0. The van der Waals surface area contributed by atoms with E-state index < -0.39 is 6.64 Å². The standard InChI is InChI=1S/C9H9Cl3NO3PS/c1-2-15-17(18,13-5-14)16-6-3-7(10)9(12)8(11)4-6/h3-5H,2H2,1H3,(H,13,14,18). The van der Waals surface area contributed by atoms with Gasteiger partial charge in [-0.3, -0.25) is 9.88 Å². The van der Waals surface area contributed by atoms with Gasteiger partial charge in [-0.25, -0.2) is 0 Å². The molecule has 1 aromatic rings. The van der Waals surface area contributed by atoms with Crippen LogP contribution in [0.25, 0.3) is 0 Å². The van der Waals surface area contributed by atoms with Crippen molar-refractivity contribution in [1.29, 1.82) is 0 Å². The lowest BCUT2D eigenvalue weighted by Gasteiger charge is -2.21. The average Bonchev–Trinajstić information content (AvgIpc) is 2.26. The molecule has 0 saturated heterocycles. The SMILES string of the molecule is CCOP(=S)(NC=O)Oc1cc(Cl)c(Cl)c(Cl)c1. The molecule has 0 aliphatic heterocycles. The molecule has 0 saturated carbocycles. The van der Waals surface area contributed by atoms with E-state index >= 15 is 0 Å². The second-order valence-corrected chi connectivity index (χ2v) is 7.28. The van der Waals surface area contributed by atoms with E-state index in [9.17, 15) is 4.79 Å². The highest BCUT2D eigenvalue weighted by Gasteiger charge is 2.20. The highest BCUT2D eigenvalue weighted by Crippen LogP contribution is 2.46. The van der Waals surface area contributed by atoms with Crippen molar-refractivity contribution in [3.05, 3.63) is 27.2 Å². The molecule has 0 aliphatic rings. The van der Waals surface area contributed by atoms with E-state index in [1.165, 1.54) is 12.1 Å². The van der Waals surface area contributed by atoms with Crippen molar-refractivity contribution in [3.8, 4) is 5.75 Å². The topological polar surface area (TPSA) is 47.6 Å². The van der Waals surface area contributed by atoms with Gasteiger partial charge >= 0.3 is 6.64 Å². The number of hydrogen-bond donors (Lipinski definition) is 1. The summed E-state index contributed by atoms with van der Waals surface area (Å²) < 4.78 is 10.7. The number of amides is 1. The van der Waals surface area contributed by atoms with Crippen LogP contribution >= 0.6 is 41.4 Å². The number of carbonyl (C=O) groups excluding carboxylic acids is 1. The van der Waals surface area contributed by atoms with Crippen molar-refractivity contribution in [3.63, 3.8) is 0 Å². The van der Waals surface area contributed by atoms with Gasteiger partial charge in [-0.05, 0) is 18.7 Å². The molecule has 0 heterocycles. The third-order valence-electron chi connectivity index (χ3n) is 1.69. The Morgan fingerprint density at radius 2 is 1.94 bits per heavy atom. The fourth-order valence-electron chi connectivity index (χ4n) is 1.05. The van der Waals surface area contributed by atoms with Crippen LogP contribution in [-0.2, 0) is 21.1 Å². The molecule has 1 aromatic carbocycles. The van der Waals surface area contributed by atoms with E-state index in [0.29, 0.717) is 13.0 Å². The summed E-state index contributed by atoms with van der Waals surface area (Å²) in [5.41, 5.74) is 0. The first-order chi connectivity index (χ1) is 8.41. The lowest BCUT2D eigenvalue weighted by Crippen LogP contribution is -2.14. The summed E-state index contributed by atoms with van der Waals surface area (Å²) >= 11 is 22.6. The van der Waals surface area contributed by atoms with Crippen molar-refractivity contribution < 1.29 is 13.8 Å². The lowest BCUT2D eigenvalue weighted by molar-refractivity contribution is -0.108. The van der Waals surface area contributed by atoms with Crippen LogP contribution in [0.1, 0.15) is 6.92 Å². The minimum atomic E-state index is -2.94. The van der Waals surface area contributed by atoms with E-state index in [-0.39, 0.29) is 20.8 Å². The summed E-state index contributed by atoms with van der Waals surface area (Å²) in [7, 11) is 0. The first-order valence-corrected chi connectivity index (χ1v) is 8.49. The lowest BCUT2D eigenvalue weighted by atomic mass is 10.3. The quantitative estimate of drug-likeness (QED) is 0.479. The van der Waals surface area contributed by atoms with Crippen molar-refractivity contribution in [2.75, 3.05) is 6.61 Å². The molecular weight excluding hydrogens is 340 g/mol. The molecule has 18 heavy (non-hydrogen) atoms. The maximum atomic E-state index is 10.5. The largest absolute Gasteiger partial charge is 0.429 e. The molecule has 4 nitrogen and oxygen atoms in total. The molecule has 100 valence electrons. The van der Waals surface area contributed by atoms with Gasteiger partial charge in [-0.2, -0.15) is 0 Å². The smallest absolute Gasteiger partial charge is 0.341 e. The van der Waals surface area contributed by atoms with Gasteiger partial charge in [-0.1, -0.05) is 34.8 Å². The van der Waals surface area contributed by atoms with E-state index in [2.05, 4.69) is 5.09 Å². The van der Waals surface area contributed by atoms with Crippen molar-refractivity contribution in [1.82, 2.24) is 5.09 Å². The molecule has 9 heteroatoms. The number of halogens is 3. The number of carbonyl (C=O) groups is 1. The maximum Gasteiger partial charge on any atom is 0.341 e. The Bertz CT molecular complexity index is 477. The minimum Gasteiger partial charge on any atom is -0.429 e. The maximum absolute atomic E-state index is 10.5. The Hall–Kier alpha value is -0.0300. The zero-order valence-corrected chi connectivity index (χ0v) is 13.1. The molecule has 0 bridgehead atoms. The van der Waals surface area contributed by atoms with Crippen LogP contribution in [0, 0.1) is 0 Å². The van der Waals surface area contributed by atoms with Crippen LogP contribution < -0.4 is 9.61 Å². The second-order valence-electron chi connectivity index (χ2n) is 2.95. The molecule has 1 rings (SSSR count). The Balaban J connectivity index is 3.01. The fourth-order valence-corrected chi connectivity index (χ4v) is 3.36. The predicted molar refractivity (Wildman–Crippen MR) is 77.2 cm³/mol. The van der Waals surface area contributed by atoms with Gasteiger partial charge in [-0.15, -0.1) is 0 Å². The zero-order valence-electron chi connectivity index (χ0n) is 9.15. The van der Waals surface area contributed by atoms with E-state index in [1.54, 1.807) is 6.92 Å². The highest BCUT2D eigenvalue weighted by molar-refractivity contribution is 8.09. The minimum absolute atomic E-state index is 0.221. The fraction of sp³-hybridized carbons (Fsp3) is 0.222. The third kappa shape index (κ3) is 4.26. The summed E-state index contributed by atoms with van der Waals surface area (Å²) in [6.45, 7) is -0.908. The summed E-state index contributed by atoms with van der Waals surface area (Å²) in [6.07, 6.45) is 0.426. The average molecular weight is 349 g/mol. The second kappa shape index (κ2) is 6.94. The van der Waals surface area contributed by atoms with Gasteiger partial charge in [0, 0.05) is 12.1 Å². The Labute approximate surface area is 125 Å². The monoisotopic (exact) mass is 347 g/mol. The van der Waals surface area contributed by atoms with Crippen LogP contribution in [0.15, 0.2) is 12.1 Å². The van der Waals surface area contributed by atoms with Crippen LogP contribution in [-0.4, -0.2) is 13.0 Å². The molecule has 1 N–H and O–H groups in total. The number of nitrogens with one attached hydrogen (secondary N) is 1. The van der Waals surface area contributed by atoms with Crippen LogP contribution in [0.2, 0.25) is 15.1 Å². The van der Waals surface area contributed by atoms with Gasteiger partial charge in [0.2, 0.25) is 6.41 Å². The molecule has 0 spiro atoms. The highest BCUT2D eigenvalue weighted by atomic mass is 35.5. The molecule has 1 unspecified atom stereocenters. The van der Waals surface area contributed by atoms with Gasteiger partial charge < -0.3 is 9.05 Å². The first-order valence-electron chi connectivity index (χ1n) is 4.72. The van der Waals surface area contributed by atoms with Crippen molar-refractivity contribution >= 4 is 59.7 Å². The van der Waals surface area contributed by atoms with Gasteiger partial charge in [0.25, 0.3) is 0 Å². The third-order valence-corrected chi connectivity index (χ3v) is 5.22. The molecule has 0 aliphatic carbocycles. The molecule has 1 amide bonds. The zero-order chi connectivity index (χ0) is 13.8. The van der Waals surface area contributed by atoms with Crippen LogP contribution in [0.4, 0.5) is 0 Å². The molecular formula is C9H9Cl3NO3PS. The normalized spacial score (nSPS) is 13.8. The van der Waals surface area contributed by atoms with E-state index in [4.69, 9.17) is 55.7 Å². The Morgan fingerprint density at radius 3 is 2.39 bits per heavy atom. The number of hydrogen-bond acceptors (Lipinski definition) is 4. The summed E-state index contributed by atoms with van der Waals surface area (Å²) in [4.78, 5) is 10.5.